The van der Waals surface area contributed by atoms with E-state index in [-0.39, 0.29) is 5.56 Å². The van der Waals surface area contributed by atoms with Gasteiger partial charge in [0.05, 0.1) is 17.4 Å². The molecule has 4 heterocycles. The molecule has 1 atom stereocenters. The zero-order valence-corrected chi connectivity index (χ0v) is 14.2. The van der Waals surface area contributed by atoms with Gasteiger partial charge in [-0.05, 0) is 45.1 Å². The molecule has 1 fully saturated rings. The monoisotopic (exact) mass is 338 g/mol. The molecule has 0 bridgehead atoms. The van der Waals surface area contributed by atoms with Crippen molar-refractivity contribution in [2.75, 3.05) is 6.54 Å². The molecule has 0 unspecified atom stereocenters. The average Bonchev–Trinajstić information content (AvgIpc) is 3.33. The second kappa shape index (κ2) is 5.84. The molecule has 0 amide bonds. The summed E-state index contributed by atoms with van der Waals surface area (Å²) in [5.74, 6) is 1.10. The fourth-order valence-corrected chi connectivity index (χ4v) is 4.22. The summed E-state index contributed by atoms with van der Waals surface area (Å²) in [6.07, 6.45) is 8.72. The van der Waals surface area contributed by atoms with Gasteiger partial charge >= 0.3 is 0 Å². The highest BCUT2D eigenvalue weighted by Gasteiger charge is 2.30. The van der Waals surface area contributed by atoms with Gasteiger partial charge in [0.15, 0.2) is 5.65 Å². The Morgan fingerprint density at radius 2 is 2.12 bits per heavy atom. The largest absolute Gasteiger partial charge is 0.344 e. The van der Waals surface area contributed by atoms with Crippen molar-refractivity contribution < 1.29 is 0 Å². The number of rotatable bonds is 3. The first-order valence-electron chi connectivity index (χ1n) is 9.16. The number of likely N-dealkylation sites (tertiary alicyclic amines) is 1. The second-order valence-corrected chi connectivity index (χ2v) is 7.12. The first-order chi connectivity index (χ1) is 12.3. The third kappa shape index (κ3) is 2.59. The molecule has 0 radical (unpaired) electrons. The Bertz CT molecular complexity index is 944. The van der Waals surface area contributed by atoms with Gasteiger partial charge in [0.25, 0.3) is 5.56 Å². The van der Waals surface area contributed by atoms with Crippen molar-refractivity contribution in [1.29, 1.82) is 0 Å². The second-order valence-electron chi connectivity index (χ2n) is 7.12. The van der Waals surface area contributed by atoms with E-state index in [1.807, 2.05) is 6.07 Å². The molecular weight excluding hydrogens is 316 g/mol. The van der Waals surface area contributed by atoms with Crippen molar-refractivity contribution in [3.63, 3.8) is 0 Å². The van der Waals surface area contributed by atoms with Gasteiger partial charge in [0.1, 0.15) is 5.82 Å². The number of hydrogen-bond donors (Lipinski definition) is 2. The van der Waals surface area contributed by atoms with Gasteiger partial charge in [-0.2, -0.15) is 0 Å². The molecule has 130 valence electrons. The lowest BCUT2D eigenvalue weighted by Crippen LogP contribution is -2.26. The summed E-state index contributed by atoms with van der Waals surface area (Å²) in [4.78, 5) is 27.7. The van der Waals surface area contributed by atoms with Crippen LogP contribution >= 0.6 is 0 Å². The Balaban J connectivity index is 1.42. The molecule has 3 aromatic rings. The van der Waals surface area contributed by atoms with Gasteiger partial charge in [0, 0.05) is 30.6 Å². The Labute approximate surface area is 145 Å². The number of aromatic amines is 2. The molecule has 1 aliphatic carbocycles. The normalized spacial score (nSPS) is 21.0. The third-order valence-corrected chi connectivity index (χ3v) is 5.45. The number of H-pyrrole nitrogens is 2. The summed E-state index contributed by atoms with van der Waals surface area (Å²) in [6, 6.07) is 3.76. The van der Waals surface area contributed by atoms with Gasteiger partial charge in [-0.15, -0.1) is 0 Å². The van der Waals surface area contributed by atoms with Crippen LogP contribution in [-0.4, -0.2) is 36.0 Å². The van der Waals surface area contributed by atoms with Crippen molar-refractivity contribution >= 4 is 5.65 Å². The Kier molecular flexibility index (Phi) is 3.48. The molecule has 0 aromatic carbocycles. The van der Waals surface area contributed by atoms with Crippen LogP contribution in [0.25, 0.3) is 5.65 Å². The van der Waals surface area contributed by atoms with Gasteiger partial charge < -0.3 is 4.98 Å². The quantitative estimate of drug-likeness (QED) is 0.765. The maximum absolute atomic E-state index is 12.2. The van der Waals surface area contributed by atoms with Crippen LogP contribution in [0.4, 0.5) is 0 Å². The molecule has 0 spiro atoms. The van der Waals surface area contributed by atoms with E-state index in [0.717, 1.165) is 43.7 Å². The smallest absolute Gasteiger partial charge is 0.272 e. The predicted molar refractivity (Wildman–Crippen MR) is 93.4 cm³/mol. The number of aryl methyl sites for hydroxylation is 2. The first-order valence-corrected chi connectivity index (χ1v) is 9.16. The van der Waals surface area contributed by atoms with Gasteiger partial charge in [-0.3, -0.25) is 14.8 Å². The van der Waals surface area contributed by atoms with Gasteiger partial charge in [-0.25, -0.2) is 14.5 Å². The minimum Gasteiger partial charge on any atom is -0.344 e. The average molecular weight is 338 g/mol. The van der Waals surface area contributed by atoms with Crippen molar-refractivity contribution in [3.8, 4) is 0 Å². The van der Waals surface area contributed by atoms with Crippen LogP contribution in [0.2, 0.25) is 0 Å². The maximum Gasteiger partial charge on any atom is 0.272 e. The zero-order chi connectivity index (χ0) is 16.8. The van der Waals surface area contributed by atoms with Crippen LogP contribution in [0, 0.1) is 0 Å². The van der Waals surface area contributed by atoms with E-state index in [4.69, 9.17) is 4.98 Å². The van der Waals surface area contributed by atoms with Crippen LogP contribution in [0.5, 0.6) is 0 Å². The molecular formula is C18H22N6O. The van der Waals surface area contributed by atoms with Crippen molar-refractivity contribution in [2.24, 2.45) is 0 Å². The predicted octanol–water partition coefficient (Wildman–Crippen LogP) is 1.96. The van der Waals surface area contributed by atoms with Crippen LogP contribution in [0.3, 0.4) is 0 Å². The van der Waals surface area contributed by atoms with E-state index >= 15 is 0 Å². The lowest BCUT2D eigenvalue weighted by Gasteiger charge is -2.22. The summed E-state index contributed by atoms with van der Waals surface area (Å²) >= 11 is 0. The molecule has 7 heteroatoms. The van der Waals surface area contributed by atoms with E-state index in [0.29, 0.717) is 18.2 Å². The highest BCUT2D eigenvalue weighted by Crippen LogP contribution is 2.33. The highest BCUT2D eigenvalue weighted by molar-refractivity contribution is 5.36. The molecule has 25 heavy (non-hydrogen) atoms. The number of hydrogen-bond acceptors (Lipinski definition) is 4. The Hall–Kier alpha value is -2.41. The molecule has 2 aliphatic rings. The topological polar surface area (TPSA) is 82.1 Å². The van der Waals surface area contributed by atoms with Crippen LogP contribution in [-0.2, 0) is 19.4 Å². The minimum absolute atomic E-state index is 0.0609. The first kappa shape index (κ1) is 14.9. The molecule has 1 saturated heterocycles. The third-order valence-electron chi connectivity index (χ3n) is 5.45. The van der Waals surface area contributed by atoms with Crippen LogP contribution < -0.4 is 5.56 Å². The SMILES string of the molecule is O=c1cc(CN2CCC[C@H]2c2nc3c([nH]2)CCCC3)nc2cc[nH]n12. The Morgan fingerprint density at radius 3 is 3.04 bits per heavy atom. The number of nitrogens with one attached hydrogen (secondary N) is 2. The van der Waals surface area contributed by atoms with E-state index in [9.17, 15) is 4.79 Å². The number of aromatic nitrogens is 5. The molecule has 2 N–H and O–H groups in total. The van der Waals surface area contributed by atoms with E-state index in [1.165, 1.54) is 28.7 Å². The summed E-state index contributed by atoms with van der Waals surface area (Å²) in [7, 11) is 0. The van der Waals surface area contributed by atoms with Crippen molar-refractivity contribution in [3.05, 3.63) is 51.6 Å². The number of fused-ring (bicyclic) bond motifs is 2. The zero-order valence-electron chi connectivity index (χ0n) is 14.2. The van der Waals surface area contributed by atoms with Crippen molar-refractivity contribution in [2.45, 2.75) is 51.1 Å². The summed E-state index contributed by atoms with van der Waals surface area (Å²) < 4.78 is 1.46. The molecule has 3 aromatic heterocycles. The van der Waals surface area contributed by atoms with E-state index < -0.39 is 0 Å². The lowest BCUT2D eigenvalue weighted by atomic mass is 10.0. The molecule has 0 saturated carbocycles. The molecule has 5 rings (SSSR count). The summed E-state index contributed by atoms with van der Waals surface area (Å²) in [5.41, 5.74) is 4.03. The maximum atomic E-state index is 12.2. The van der Waals surface area contributed by atoms with Crippen molar-refractivity contribution in [1.82, 2.24) is 29.5 Å². The number of nitrogens with zero attached hydrogens (tertiary/aromatic N) is 4. The number of imidazole rings is 1. The van der Waals surface area contributed by atoms with Gasteiger partial charge in [-0.1, -0.05) is 0 Å². The van der Waals surface area contributed by atoms with Crippen LogP contribution in [0.1, 0.15) is 54.6 Å². The fraction of sp³-hybridized carbons (Fsp3) is 0.500. The highest BCUT2D eigenvalue weighted by atomic mass is 16.1. The summed E-state index contributed by atoms with van der Waals surface area (Å²) in [5, 5.41) is 2.88. The fourth-order valence-electron chi connectivity index (χ4n) is 4.22. The molecule has 7 nitrogen and oxygen atoms in total. The Morgan fingerprint density at radius 1 is 1.20 bits per heavy atom. The van der Waals surface area contributed by atoms with Gasteiger partial charge in [0.2, 0.25) is 0 Å². The lowest BCUT2D eigenvalue weighted by molar-refractivity contribution is 0.238. The van der Waals surface area contributed by atoms with Crippen LogP contribution in [0.15, 0.2) is 23.1 Å². The summed E-state index contributed by atoms with van der Waals surface area (Å²) in [6.45, 7) is 1.71. The minimum atomic E-state index is -0.0609. The van der Waals surface area contributed by atoms with E-state index in [1.54, 1.807) is 12.3 Å². The standard InChI is InChI=1S/C18H22N6O/c25-17-10-12(20-16-7-8-19-24(16)17)11-23-9-3-6-15(23)18-21-13-4-1-2-5-14(13)22-18/h7-8,10,15,19H,1-6,9,11H2,(H,21,22)/t15-/m0/s1. The van der Waals surface area contributed by atoms with E-state index in [2.05, 4.69) is 20.0 Å². The molecule has 1 aliphatic heterocycles.